The lowest BCUT2D eigenvalue weighted by Crippen LogP contribution is -2.40. The number of rotatable bonds is 3. The smallest absolute Gasteiger partial charge is 0.263 e. The molecule has 0 aliphatic carbocycles. The third-order valence-electron chi connectivity index (χ3n) is 3.35. The van der Waals surface area contributed by atoms with Crippen LogP contribution < -0.4 is 5.32 Å². The maximum atomic E-state index is 12.1. The summed E-state index contributed by atoms with van der Waals surface area (Å²) in [6, 6.07) is 0.182. The van der Waals surface area contributed by atoms with Gasteiger partial charge in [0.25, 0.3) is 5.91 Å². The lowest BCUT2D eigenvalue weighted by molar-refractivity contribution is 0.0931. The number of carbonyl (C=O) groups excluding carboxylic acids is 1. The molecule has 2 aromatic heterocycles. The fourth-order valence-electron chi connectivity index (χ4n) is 2.32. The van der Waals surface area contributed by atoms with Crippen LogP contribution in [-0.4, -0.2) is 26.5 Å². The molecule has 19 heavy (non-hydrogen) atoms. The van der Waals surface area contributed by atoms with Crippen molar-refractivity contribution in [2.45, 2.75) is 38.8 Å². The van der Waals surface area contributed by atoms with Gasteiger partial charge in [-0.3, -0.25) is 4.79 Å². The SMILES string of the molecule is CCc1ncc(C(=O)NC2CCc3nccn3C2)s1. The van der Waals surface area contributed by atoms with E-state index in [4.69, 9.17) is 0 Å². The van der Waals surface area contributed by atoms with E-state index < -0.39 is 0 Å². The van der Waals surface area contributed by atoms with E-state index >= 15 is 0 Å². The van der Waals surface area contributed by atoms with E-state index in [0.717, 1.165) is 36.6 Å². The van der Waals surface area contributed by atoms with Gasteiger partial charge in [-0.05, 0) is 12.8 Å². The molecule has 1 N–H and O–H groups in total. The third kappa shape index (κ3) is 2.53. The minimum atomic E-state index is -0.00855. The highest BCUT2D eigenvalue weighted by Gasteiger charge is 2.21. The molecule has 3 heterocycles. The number of nitrogens with zero attached hydrogens (tertiary/aromatic N) is 3. The van der Waals surface area contributed by atoms with Crippen LogP contribution in [0.1, 0.15) is 33.8 Å². The number of fused-ring (bicyclic) bond motifs is 1. The van der Waals surface area contributed by atoms with E-state index in [0.29, 0.717) is 4.88 Å². The Hall–Kier alpha value is -1.69. The van der Waals surface area contributed by atoms with Crippen molar-refractivity contribution in [3.8, 4) is 0 Å². The van der Waals surface area contributed by atoms with Crippen LogP contribution in [-0.2, 0) is 19.4 Å². The van der Waals surface area contributed by atoms with Crippen LogP contribution in [0.3, 0.4) is 0 Å². The second kappa shape index (κ2) is 5.13. The summed E-state index contributed by atoms with van der Waals surface area (Å²) in [6.07, 6.45) is 8.19. The van der Waals surface area contributed by atoms with Crippen LogP contribution in [0.15, 0.2) is 18.6 Å². The van der Waals surface area contributed by atoms with Crippen LogP contribution in [0.25, 0.3) is 0 Å². The molecule has 2 aromatic rings. The normalized spacial score (nSPS) is 18.1. The summed E-state index contributed by atoms with van der Waals surface area (Å²) >= 11 is 1.47. The van der Waals surface area contributed by atoms with Gasteiger partial charge in [0.05, 0.1) is 11.2 Å². The van der Waals surface area contributed by atoms with E-state index in [1.54, 1.807) is 6.20 Å². The highest BCUT2D eigenvalue weighted by molar-refractivity contribution is 7.13. The van der Waals surface area contributed by atoms with Crippen molar-refractivity contribution in [3.63, 3.8) is 0 Å². The number of aromatic nitrogens is 3. The maximum absolute atomic E-state index is 12.1. The zero-order valence-corrected chi connectivity index (χ0v) is 11.6. The molecule has 0 saturated heterocycles. The Morgan fingerprint density at radius 3 is 3.26 bits per heavy atom. The standard InChI is InChI=1S/C13H16N4OS/c1-2-12-15-7-10(19-12)13(18)16-9-3-4-11-14-5-6-17(11)8-9/h5-7,9H,2-4,8H2,1H3,(H,16,18). The highest BCUT2D eigenvalue weighted by Crippen LogP contribution is 2.16. The van der Waals surface area contributed by atoms with E-state index in [2.05, 4.69) is 19.9 Å². The van der Waals surface area contributed by atoms with Crippen molar-refractivity contribution in [1.29, 1.82) is 0 Å². The molecule has 0 saturated carbocycles. The molecule has 3 rings (SSSR count). The van der Waals surface area contributed by atoms with Gasteiger partial charge in [0.2, 0.25) is 0 Å². The van der Waals surface area contributed by atoms with Gasteiger partial charge in [0.15, 0.2) is 0 Å². The van der Waals surface area contributed by atoms with Crippen LogP contribution >= 0.6 is 11.3 Å². The number of amides is 1. The van der Waals surface area contributed by atoms with E-state index in [-0.39, 0.29) is 11.9 Å². The molecule has 0 fully saturated rings. The summed E-state index contributed by atoms with van der Waals surface area (Å²) in [6.45, 7) is 2.85. The summed E-state index contributed by atoms with van der Waals surface area (Å²) in [4.78, 5) is 21.3. The van der Waals surface area contributed by atoms with Gasteiger partial charge in [-0.15, -0.1) is 11.3 Å². The molecule has 0 radical (unpaired) electrons. The van der Waals surface area contributed by atoms with Crippen molar-refractivity contribution in [2.24, 2.45) is 0 Å². The minimum Gasteiger partial charge on any atom is -0.347 e. The van der Waals surface area contributed by atoms with Gasteiger partial charge in [-0.2, -0.15) is 0 Å². The number of imidazole rings is 1. The monoisotopic (exact) mass is 276 g/mol. The molecule has 100 valence electrons. The maximum Gasteiger partial charge on any atom is 0.263 e. The third-order valence-corrected chi connectivity index (χ3v) is 4.49. The predicted molar refractivity (Wildman–Crippen MR) is 73.3 cm³/mol. The number of hydrogen-bond donors (Lipinski definition) is 1. The molecule has 0 aromatic carbocycles. The van der Waals surface area contributed by atoms with Crippen molar-refractivity contribution in [1.82, 2.24) is 19.9 Å². The molecule has 0 bridgehead atoms. The second-order valence-electron chi connectivity index (χ2n) is 4.68. The van der Waals surface area contributed by atoms with Gasteiger partial charge in [-0.25, -0.2) is 9.97 Å². The molecule has 1 aliphatic heterocycles. The Morgan fingerprint density at radius 1 is 1.58 bits per heavy atom. The first-order valence-electron chi connectivity index (χ1n) is 6.52. The largest absolute Gasteiger partial charge is 0.347 e. The number of aryl methyl sites for hydroxylation is 2. The Balaban J connectivity index is 1.64. The highest BCUT2D eigenvalue weighted by atomic mass is 32.1. The van der Waals surface area contributed by atoms with E-state index in [1.807, 2.05) is 19.3 Å². The molecular formula is C13H16N4OS. The first kappa shape index (κ1) is 12.3. The van der Waals surface area contributed by atoms with E-state index in [9.17, 15) is 4.79 Å². The Bertz CT molecular complexity index is 589. The topological polar surface area (TPSA) is 59.8 Å². The minimum absolute atomic E-state index is 0.00855. The number of thiazole rings is 1. The molecule has 5 nitrogen and oxygen atoms in total. The van der Waals surface area contributed by atoms with Crippen LogP contribution in [0, 0.1) is 0 Å². The average molecular weight is 276 g/mol. The zero-order chi connectivity index (χ0) is 13.2. The lowest BCUT2D eigenvalue weighted by Gasteiger charge is -2.24. The van der Waals surface area contributed by atoms with Crippen molar-refractivity contribution in [3.05, 3.63) is 34.3 Å². The molecule has 1 aliphatic rings. The van der Waals surface area contributed by atoms with E-state index in [1.165, 1.54) is 11.3 Å². The Labute approximate surface area is 115 Å². The summed E-state index contributed by atoms with van der Waals surface area (Å²) in [5.74, 6) is 1.10. The first-order valence-corrected chi connectivity index (χ1v) is 7.33. The fraction of sp³-hybridized carbons (Fsp3) is 0.462. The molecular weight excluding hydrogens is 260 g/mol. The van der Waals surface area contributed by atoms with Gasteiger partial charge in [0.1, 0.15) is 10.7 Å². The summed E-state index contributed by atoms with van der Waals surface area (Å²) < 4.78 is 2.11. The van der Waals surface area contributed by atoms with Gasteiger partial charge >= 0.3 is 0 Å². The van der Waals surface area contributed by atoms with Gasteiger partial charge in [-0.1, -0.05) is 6.92 Å². The predicted octanol–water partition coefficient (Wildman–Crippen LogP) is 1.65. The second-order valence-corrected chi connectivity index (χ2v) is 5.79. The van der Waals surface area contributed by atoms with Crippen molar-refractivity contribution >= 4 is 17.2 Å². The molecule has 1 atom stereocenters. The first-order chi connectivity index (χ1) is 9.26. The lowest BCUT2D eigenvalue weighted by atomic mass is 10.1. The molecule has 1 unspecified atom stereocenters. The number of hydrogen-bond acceptors (Lipinski definition) is 4. The summed E-state index contributed by atoms with van der Waals surface area (Å²) in [7, 11) is 0. The number of nitrogens with one attached hydrogen (secondary N) is 1. The number of carbonyl (C=O) groups is 1. The molecule has 6 heteroatoms. The van der Waals surface area contributed by atoms with Crippen molar-refractivity contribution in [2.75, 3.05) is 0 Å². The Kier molecular flexibility index (Phi) is 3.33. The van der Waals surface area contributed by atoms with Crippen LogP contribution in [0.5, 0.6) is 0 Å². The Morgan fingerprint density at radius 2 is 2.47 bits per heavy atom. The molecule has 0 spiro atoms. The average Bonchev–Trinajstić information content (AvgIpc) is 3.06. The fourth-order valence-corrected chi connectivity index (χ4v) is 3.08. The summed E-state index contributed by atoms with van der Waals surface area (Å²) in [5, 5.41) is 4.09. The van der Waals surface area contributed by atoms with Crippen LogP contribution in [0.2, 0.25) is 0 Å². The summed E-state index contributed by atoms with van der Waals surface area (Å²) in [5.41, 5.74) is 0. The van der Waals surface area contributed by atoms with Crippen LogP contribution in [0.4, 0.5) is 0 Å². The quantitative estimate of drug-likeness (QED) is 0.927. The van der Waals surface area contributed by atoms with Gasteiger partial charge in [0, 0.05) is 31.4 Å². The van der Waals surface area contributed by atoms with Crippen molar-refractivity contribution < 1.29 is 4.79 Å². The van der Waals surface area contributed by atoms with Gasteiger partial charge < -0.3 is 9.88 Å². The zero-order valence-electron chi connectivity index (χ0n) is 10.8. The molecule has 1 amide bonds.